The molecule has 0 saturated carbocycles. The summed E-state index contributed by atoms with van der Waals surface area (Å²) in [6, 6.07) is 13.4. The summed E-state index contributed by atoms with van der Waals surface area (Å²) in [5.41, 5.74) is -18.1. The minimum absolute atomic E-state index is 0.157. The second-order valence-corrected chi connectivity index (χ2v) is 36.4. The summed E-state index contributed by atoms with van der Waals surface area (Å²) in [5.74, 6) is -11.6. The quantitative estimate of drug-likeness (QED) is 0.111. The maximum absolute atomic E-state index is 14.5. The first kappa shape index (κ1) is 70.1. The molecule has 0 N–H and O–H groups in total. The molecule has 0 unspecified atom stereocenters. The van der Waals surface area contributed by atoms with Crippen LogP contribution in [0.2, 0.25) is 0 Å². The fraction of sp³-hybridized carbons (Fsp3) is 0.125. The van der Waals surface area contributed by atoms with Crippen LogP contribution in [0.15, 0.2) is 176 Å². The van der Waals surface area contributed by atoms with Crippen molar-refractivity contribution in [1.29, 1.82) is 0 Å². The summed E-state index contributed by atoms with van der Waals surface area (Å²) in [6.45, 7) is 0. The fourth-order valence-corrected chi connectivity index (χ4v) is 21.1. The van der Waals surface area contributed by atoms with E-state index in [-0.39, 0.29) is 83.9 Å². The molecule has 0 radical (unpaired) electrons. The first-order chi connectivity index (χ1) is 47.8. The molecular formula is C64H24Cl2F24N8O4Sn. The first-order valence-corrected chi connectivity index (χ1v) is 38.3. The van der Waals surface area contributed by atoms with Gasteiger partial charge in [-0.2, -0.15) is 0 Å². The molecular weight excluding hydrogens is 1590 g/mol. The van der Waals surface area contributed by atoms with Crippen LogP contribution in [0.4, 0.5) is 117 Å². The average molecular weight is 1610 g/mol. The summed E-state index contributed by atoms with van der Waals surface area (Å²) in [4.78, 5) is 28.4. The first-order valence-electron chi connectivity index (χ1n) is 28.5. The fourth-order valence-electron chi connectivity index (χ4n) is 11.5. The number of amidine groups is 4. The number of fused-ring (bicyclic) bond motifs is 14. The van der Waals surface area contributed by atoms with Crippen LogP contribution >= 0.6 is 17.8 Å². The van der Waals surface area contributed by atoms with Crippen molar-refractivity contribution in [2.24, 2.45) is 30.0 Å². The molecule has 6 heterocycles. The number of benzene rings is 8. The minimum atomic E-state index is -6.88. The molecule has 6 bridgehead atoms. The van der Waals surface area contributed by atoms with Gasteiger partial charge in [0.2, 0.25) is 0 Å². The van der Waals surface area contributed by atoms with Crippen LogP contribution in [-0.4, -0.2) is 45.6 Å². The molecule has 0 saturated heterocycles. The molecule has 10 aromatic rings. The summed E-state index contributed by atoms with van der Waals surface area (Å²) in [5, 5.41) is -1.94. The Kier molecular flexibility index (Phi) is 16.0. The van der Waals surface area contributed by atoms with Crippen molar-refractivity contribution in [3.05, 3.63) is 223 Å². The second-order valence-electron chi connectivity index (χ2n) is 22.5. The predicted molar refractivity (Wildman–Crippen MR) is 319 cm³/mol. The molecule has 8 aromatic carbocycles. The van der Waals surface area contributed by atoms with E-state index < -0.39 is 235 Å². The predicted octanol–water partition coefficient (Wildman–Crippen LogP) is 21.2. The van der Waals surface area contributed by atoms with Crippen molar-refractivity contribution in [3.63, 3.8) is 0 Å². The standard InChI is InChI=1S/C64H24F24N8O4.2ClH.Sn/c65-57(66,67)25-13-26(58(68,69)70)18-33(17-25)97-41-9-1-5-37-45(41)53-89-49(37)93-54-46-38(6-2-10-42(46)98-34-19-27(59(71,72)73)14-28(20-34)60(74,75)76)51(90-54)95-56-48-40(8-4-12-44(48)100-36-23-31(63(83,84)85)16-32(24-36)64(86,87)88)52(92-56)96-55-47-39(50(91-55)94-53)7-3-11-43(47)99-35-21-29(61(77,78)79)15-30(22-35)62(80,81)82;;;/h1-24H;2*1H;/q-2;;;+4/p-2. The van der Waals surface area contributed by atoms with Gasteiger partial charge in [-0.1, -0.05) is 0 Å². The van der Waals surface area contributed by atoms with Gasteiger partial charge in [-0.05, 0) is 0 Å². The van der Waals surface area contributed by atoms with Gasteiger partial charge in [0.25, 0.3) is 0 Å². The summed E-state index contributed by atoms with van der Waals surface area (Å²) in [7, 11) is 16.1. The maximum atomic E-state index is 14.5. The average Bonchev–Trinajstić information content (AvgIpc) is 1.53. The van der Waals surface area contributed by atoms with E-state index >= 15 is 0 Å². The third kappa shape index (κ3) is 12.7. The van der Waals surface area contributed by atoms with Crippen molar-refractivity contribution < 1.29 is 124 Å². The number of alkyl halides is 24. The monoisotopic (exact) mass is 1610 g/mol. The summed E-state index contributed by atoms with van der Waals surface area (Å²) >= 11 is -6.88. The Morgan fingerprint density at radius 1 is 0.282 bits per heavy atom. The van der Waals surface area contributed by atoms with E-state index in [0.29, 0.717) is 0 Å². The van der Waals surface area contributed by atoms with Gasteiger partial charge in [-0.3, -0.25) is 0 Å². The van der Waals surface area contributed by atoms with Gasteiger partial charge in [-0.15, -0.1) is 0 Å². The molecule has 0 spiro atoms. The molecule has 2 aromatic heterocycles. The number of halogens is 26. The van der Waals surface area contributed by atoms with Gasteiger partial charge >= 0.3 is 570 Å². The summed E-state index contributed by atoms with van der Waals surface area (Å²) in [6.07, 6.45) is -43.8. The zero-order valence-electron chi connectivity index (χ0n) is 49.4. The summed E-state index contributed by atoms with van der Waals surface area (Å²) < 4.78 is 372. The third-order valence-corrected chi connectivity index (χ3v) is 25.8. The van der Waals surface area contributed by atoms with Gasteiger partial charge in [0.15, 0.2) is 0 Å². The molecule has 530 valence electrons. The number of rotatable bonds is 8. The van der Waals surface area contributed by atoms with Crippen LogP contribution in [0.1, 0.15) is 66.8 Å². The Labute approximate surface area is 567 Å². The van der Waals surface area contributed by atoms with E-state index in [4.69, 9.17) is 56.8 Å². The number of nitrogens with zero attached hydrogens (tertiary/aromatic N) is 8. The molecule has 4 aliphatic rings. The molecule has 0 amide bonds. The van der Waals surface area contributed by atoms with Crippen molar-refractivity contribution in [3.8, 4) is 46.0 Å². The second kappa shape index (κ2) is 23.5. The molecule has 0 aliphatic carbocycles. The topological polar surface area (TPSA) is 121 Å². The van der Waals surface area contributed by atoms with E-state index in [2.05, 4.69) is 9.98 Å². The Morgan fingerprint density at radius 3 is 0.951 bits per heavy atom. The van der Waals surface area contributed by atoms with E-state index in [1.165, 1.54) is 12.1 Å². The Bertz CT molecular complexity index is 5460. The van der Waals surface area contributed by atoms with Crippen LogP contribution < -0.4 is 29.9 Å². The van der Waals surface area contributed by atoms with Crippen LogP contribution in [0.3, 0.4) is 0 Å². The van der Waals surface area contributed by atoms with Gasteiger partial charge in [-0.25, -0.2) is 0 Å². The van der Waals surface area contributed by atoms with E-state index in [1.807, 2.05) is 0 Å². The Morgan fingerprint density at radius 2 is 0.573 bits per heavy atom. The van der Waals surface area contributed by atoms with Crippen LogP contribution in [0.25, 0.3) is 21.5 Å². The SMILES string of the molecule is FC(F)(F)c1cc(Oc2cccc3c2C2=NC3=Nc3c4c(Oc5cc(C(F)(F)F)cc(C(F)(F)F)c5)cccc4c4[n]3[Sn]([Cl])([Cl])[n]3c(c5cccc(Oc6cc(C(F)(F)F)cc(C(F)(F)F)c6)c5c3=NC3=NC(=N4)c4c(Oc5cc(C(F)(F)F)cc(C(F)(F)F)c5)cccc43)=N2)cc(C(F)(F)F)c1. The molecule has 0 fully saturated rings. The van der Waals surface area contributed by atoms with Gasteiger partial charge in [0.05, 0.1) is 0 Å². The van der Waals surface area contributed by atoms with Crippen LogP contribution in [0, 0.1) is 0 Å². The third-order valence-electron chi connectivity index (χ3n) is 15.8. The molecule has 4 aliphatic heterocycles. The van der Waals surface area contributed by atoms with Gasteiger partial charge < -0.3 is 0 Å². The Balaban J connectivity index is 1.13. The molecule has 14 rings (SSSR count). The van der Waals surface area contributed by atoms with Crippen molar-refractivity contribution in [1.82, 2.24) is 5.58 Å². The van der Waals surface area contributed by atoms with E-state index in [0.717, 1.165) is 66.2 Å². The van der Waals surface area contributed by atoms with Crippen LogP contribution in [0.5, 0.6) is 46.0 Å². The van der Waals surface area contributed by atoms with Crippen molar-refractivity contribution in [2.45, 2.75) is 49.4 Å². The zero-order chi connectivity index (χ0) is 74.2. The van der Waals surface area contributed by atoms with Crippen LogP contribution in [-0.2, 0) is 49.4 Å². The zero-order valence-corrected chi connectivity index (χ0v) is 53.8. The Hall–Kier alpha value is -9.98. The number of hydrogen-bond acceptors (Lipinski definition) is 10. The molecule has 0 atom stereocenters. The number of aromatic nitrogens is 2. The van der Waals surface area contributed by atoms with Gasteiger partial charge in [0, 0.05) is 0 Å². The van der Waals surface area contributed by atoms with E-state index in [1.54, 1.807) is 0 Å². The van der Waals surface area contributed by atoms with E-state index in [9.17, 15) is 105 Å². The van der Waals surface area contributed by atoms with Gasteiger partial charge in [0.1, 0.15) is 0 Å². The normalized spacial score (nSPS) is 15.2. The molecule has 103 heavy (non-hydrogen) atoms. The molecule has 39 heteroatoms. The number of hydrogen-bond donors (Lipinski definition) is 0. The molecule has 12 nitrogen and oxygen atoms in total. The number of aliphatic imine (C=N–C) groups is 4. The van der Waals surface area contributed by atoms with Crippen molar-refractivity contribution >= 4 is 91.0 Å². The number of ether oxygens (including phenoxy) is 4. The van der Waals surface area contributed by atoms with Crippen molar-refractivity contribution in [2.75, 3.05) is 0 Å².